The molecule has 6 heteroatoms. The number of hydrogen-bond acceptors (Lipinski definition) is 4. The van der Waals surface area contributed by atoms with Gasteiger partial charge < -0.3 is 15.0 Å². The summed E-state index contributed by atoms with van der Waals surface area (Å²) in [7, 11) is 1.66. The number of rotatable bonds is 5. The summed E-state index contributed by atoms with van der Waals surface area (Å²) in [6.45, 7) is 1.41. The maximum Gasteiger partial charge on any atom is 0.318 e. The average Bonchev–Trinajstić information content (AvgIpc) is 3.35. The highest BCUT2D eigenvalue weighted by Gasteiger charge is 2.32. The minimum absolute atomic E-state index is 0.00488. The highest BCUT2D eigenvalue weighted by atomic mass is 32.1. The van der Waals surface area contributed by atoms with E-state index in [4.69, 9.17) is 9.72 Å². The zero-order valence-electron chi connectivity index (χ0n) is 15.4. The van der Waals surface area contributed by atoms with Gasteiger partial charge in [0.15, 0.2) is 0 Å². The molecule has 1 saturated heterocycles. The Morgan fingerprint density at radius 2 is 2.07 bits per heavy atom. The van der Waals surface area contributed by atoms with Crippen LogP contribution < -0.4 is 10.1 Å². The van der Waals surface area contributed by atoms with E-state index in [1.807, 2.05) is 47.4 Å². The molecule has 1 aliphatic rings. The quantitative estimate of drug-likeness (QED) is 0.713. The van der Waals surface area contributed by atoms with E-state index in [0.717, 1.165) is 42.1 Å². The van der Waals surface area contributed by atoms with E-state index in [1.54, 1.807) is 18.4 Å². The van der Waals surface area contributed by atoms with E-state index in [2.05, 4.69) is 11.4 Å². The first-order chi connectivity index (χ1) is 13.2. The molecule has 0 aliphatic carbocycles. The number of aromatic nitrogens is 1. The summed E-state index contributed by atoms with van der Waals surface area (Å²) in [4.78, 5) is 19.4. The van der Waals surface area contributed by atoms with Crippen molar-refractivity contribution in [3.05, 3.63) is 59.1 Å². The average molecular weight is 382 g/mol. The number of nitrogens with one attached hydrogen (secondary N) is 1. The molecule has 27 heavy (non-hydrogen) atoms. The van der Waals surface area contributed by atoms with E-state index < -0.39 is 0 Å². The molecule has 140 valence electrons. The van der Waals surface area contributed by atoms with Gasteiger partial charge in [0.25, 0.3) is 0 Å². The number of hydrogen-bond donors (Lipinski definition) is 1. The van der Waals surface area contributed by atoms with Crippen LogP contribution in [0.2, 0.25) is 0 Å². The number of para-hydroxylation sites is 1. The number of ether oxygens (including phenoxy) is 1. The van der Waals surface area contributed by atoms with Crippen molar-refractivity contribution < 1.29 is 9.53 Å². The molecule has 4 rings (SSSR count). The molecule has 3 aromatic rings. The van der Waals surface area contributed by atoms with Crippen molar-refractivity contribution in [1.82, 2.24) is 15.2 Å². The van der Waals surface area contributed by atoms with E-state index in [0.29, 0.717) is 6.54 Å². The van der Waals surface area contributed by atoms with E-state index in [-0.39, 0.29) is 12.1 Å². The van der Waals surface area contributed by atoms with Crippen LogP contribution in [0.5, 0.6) is 5.75 Å². The molecule has 2 heterocycles. The molecule has 1 fully saturated rings. The number of thiazole rings is 1. The molecule has 2 amide bonds. The van der Waals surface area contributed by atoms with E-state index in [9.17, 15) is 4.79 Å². The fourth-order valence-corrected chi connectivity index (χ4v) is 4.62. The standard InChI is InChI=1S/C21H23N3O2S/c1-26-16-10-8-15(9-11-16)12-13-22-21(25)24-14-4-6-18(24)20-23-17-5-2-3-7-19(17)27-20/h2-3,5,7-11,18H,4,6,12-14H2,1H3,(H,22,25)/t18-/m0/s1. The third-order valence-corrected chi connectivity index (χ3v) is 6.10. The number of nitrogens with zero attached hydrogens (tertiary/aromatic N) is 2. The molecule has 1 aliphatic heterocycles. The first kappa shape index (κ1) is 17.8. The van der Waals surface area contributed by atoms with Gasteiger partial charge in [0.05, 0.1) is 23.4 Å². The predicted octanol–water partition coefficient (Wildman–Crippen LogP) is 4.39. The van der Waals surface area contributed by atoms with Crippen LogP contribution >= 0.6 is 11.3 Å². The van der Waals surface area contributed by atoms with Crippen LogP contribution in [-0.4, -0.2) is 36.1 Å². The van der Waals surface area contributed by atoms with Gasteiger partial charge in [-0.15, -0.1) is 11.3 Å². The van der Waals surface area contributed by atoms with Gasteiger partial charge in [0.1, 0.15) is 10.8 Å². The number of likely N-dealkylation sites (tertiary alicyclic amines) is 1. The summed E-state index contributed by atoms with van der Waals surface area (Å²) >= 11 is 1.70. The van der Waals surface area contributed by atoms with Crippen LogP contribution in [0.15, 0.2) is 48.5 Å². The van der Waals surface area contributed by atoms with Gasteiger partial charge in [-0.2, -0.15) is 0 Å². The number of amides is 2. The fraction of sp³-hybridized carbons (Fsp3) is 0.333. The van der Waals surface area contributed by atoms with Crippen molar-refractivity contribution in [2.45, 2.75) is 25.3 Å². The molecule has 1 atom stereocenters. The van der Waals surface area contributed by atoms with Gasteiger partial charge in [-0.05, 0) is 49.1 Å². The second-order valence-electron chi connectivity index (χ2n) is 6.70. The third kappa shape index (κ3) is 3.90. The van der Waals surface area contributed by atoms with Crippen LogP contribution in [0.25, 0.3) is 10.2 Å². The Kier molecular flexibility index (Phi) is 5.25. The van der Waals surface area contributed by atoms with Gasteiger partial charge in [0, 0.05) is 13.1 Å². The number of methoxy groups -OCH3 is 1. The highest BCUT2D eigenvalue weighted by Crippen LogP contribution is 2.36. The SMILES string of the molecule is COc1ccc(CCNC(=O)N2CCC[C@H]2c2nc3ccccc3s2)cc1. The Morgan fingerprint density at radius 3 is 2.85 bits per heavy atom. The lowest BCUT2D eigenvalue weighted by molar-refractivity contribution is 0.193. The zero-order valence-corrected chi connectivity index (χ0v) is 16.2. The minimum Gasteiger partial charge on any atom is -0.497 e. The second-order valence-corrected chi connectivity index (χ2v) is 7.76. The third-order valence-electron chi connectivity index (χ3n) is 4.96. The first-order valence-electron chi connectivity index (χ1n) is 9.27. The molecule has 1 aromatic heterocycles. The van der Waals surface area contributed by atoms with Crippen molar-refractivity contribution in [3.63, 3.8) is 0 Å². The summed E-state index contributed by atoms with van der Waals surface area (Å²) in [5, 5.41) is 4.11. The molecule has 5 nitrogen and oxygen atoms in total. The number of carbonyl (C=O) groups excluding carboxylic acids is 1. The van der Waals surface area contributed by atoms with Crippen molar-refractivity contribution in [2.24, 2.45) is 0 Å². The first-order valence-corrected chi connectivity index (χ1v) is 10.1. The zero-order chi connectivity index (χ0) is 18.6. The molecular weight excluding hydrogens is 358 g/mol. The summed E-state index contributed by atoms with van der Waals surface area (Å²) in [5.74, 6) is 0.846. The minimum atomic E-state index is 0.00488. The second kappa shape index (κ2) is 7.96. The highest BCUT2D eigenvalue weighted by molar-refractivity contribution is 7.18. The van der Waals surface area contributed by atoms with Gasteiger partial charge >= 0.3 is 6.03 Å². The fourth-order valence-electron chi connectivity index (χ4n) is 3.51. The molecular formula is C21H23N3O2S. The Balaban J connectivity index is 1.37. The molecule has 1 N–H and O–H groups in total. The molecule has 0 bridgehead atoms. The molecule has 0 radical (unpaired) electrons. The van der Waals surface area contributed by atoms with Crippen LogP contribution in [0.1, 0.15) is 29.5 Å². The Bertz CT molecular complexity index is 890. The van der Waals surface area contributed by atoms with Gasteiger partial charge in [0.2, 0.25) is 0 Å². The van der Waals surface area contributed by atoms with E-state index >= 15 is 0 Å². The van der Waals surface area contributed by atoms with Crippen LogP contribution in [0.4, 0.5) is 4.79 Å². The van der Waals surface area contributed by atoms with Crippen LogP contribution in [-0.2, 0) is 6.42 Å². The molecule has 0 unspecified atom stereocenters. The summed E-state index contributed by atoms with van der Waals surface area (Å²) < 4.78 is 6.35. The van der Waals surface area contributed by atoms with Crippen LogP contribution in [0, 0.1) is 0 Å². The topological polar surface area (TPSA) is 54.5 Å². The predicted molar refractivity (Wildman–Crippen MR) is 108 cm³/mol. The number of urea groups is 1. The van der Waals surface area contributed by atoms with Gasteiger partial charge in [-0.3, -0.25) is 0 Å². The maximum absolute atomic E-state index is 12.7. The molecule has 0 saturated carbocycles. The van der Waals surface area contributed by atoms with Crippen molar-refractivity contribution in [2.75, 3.05) is 20.2 Å². The molecule has 0 spiro atoms. The Morgan fingerprint density at radius 1 is 1.26 bits per heavy atom. The lowest BCUT2D eigenvalue weighted by Gasteiger charge is -2.23. The number of fused-ring (bicyclic) bond motifs is 1. The number of carbonyl (C=O) groups is 1. The van der Waals surface area contributed by atoms with Gasteiger partial charge in [-0.25, -0.2) is 9.78 Å². The largest absolute Gasteiger partial charge is 0.497 e. The van der Waals surface area contributed by atoms with Crippen molar-refractivity contribution in [1.29, 1.82) is 0 Å². The molecule has 2 aromatic carbocycles. The normalized spacial score (nSPS) is 16.6. The monoisotopic (exact) mass is 381 g/mol. The Labute approximate surface area is 163 Å². The smallest absolute Gasteiger partial charge is 0.318 e. The lowest BCUT2D eigenvalue weighted by atomic mass is 10.1. The number of benzene rings is 2. The maximum atomic E-state index is 12.7. The van der Waals surface area contributed by atoms with E-state index in [1.165, 1.54) is 10.3 Å². The van der Waals surface area contributed by atoms with Crippen molar-refractivity contribution >= 4 is 27.6 Å². The summed E-state index contributed by atoms with van der Waals surface area (Å²) in [5.41, 5.74) is 2.20. The Hall–Kier alpha value is -2.60. The van der Waals surface area contributed by atoms with Crippen molar-refractivity contribution in [3.8, 4) is 5.75 Å². The lowest BCUT2D eigenvalue weighted by Crippen LogP contribution is -2.40. The summed E-state index contributed by atoms with van der Waals surface area (Å²) in [6.07, 6.45) is 2.80. The van der Waals surface area contributed by atoms with Crippen LogP contribution in [0.3, 0.4) is 0 Å². The van der Waals surface area contributed by atoms with Gasteiger partial charge in [-0.1, -0.05) is 24.3 Å². The summed E-state index contributed by atoms with van der Waals surface area (Å²) in [6, 6.07) is 16.2.